The summed E-state index contributed by atoms with van der Waals surface area (Å²) in [5.74, 6) is -0.484. The Kier molecular flexibility index (Phi) is 5.18. The molecule has 1 aromatic rings. The number of ether oxygens (including phenoxy) is 2. The average molecular weight is 268 g/mol. The molecule has 0 aliphatic heterocycles. The van der Waals surface area contributed by atoms with Gasteiger partial charge in [-0.15, -0.1) is 0 Å². The van der Waals surface area contributed by atoms with Crippen molar-refractivity contribution >= 4 is 5.97 Å². The molecule has 0 heterocycles. The number of rotatable bonds is 6. The third-order valence-electron chi connectivity index (χ3n) is 2.32. The Hall–Kier alpha value is -1.75. The Balaban J connectivity index is 3.35. The molecule has 5 heteroatoms. The highest BCUT2D eigenvalue weighted by atomic mass is 16.5. The van der Waals surface area contributed by atoms with E-state index in [0.29, 0.717) is 11.3 Å². The summed E-state index contributed by atoms with van der Waals surface area (Å²) in [5.41, 5.74) is 0.385. The molecule has 1 aromatic carbocycles. The predicted molar refractivity (Wildman–Crippen MR) is 70.9 cm³/mol. The second-order valence-electron chi connectivity index (χ2n) is 4.72. The molecule has 0 saturated carbocycles. The van der Waals surface area contributed by atoms with Crippen molar-refractivity contribution in [1.29, 1.82) is 0 Å². The fraction of sp³-hybridized carbons (Fsp3) is 0.500. The number of hydrogen-bond donors (Lipinski definition) is 2. The molecule has 0 aromatic heterocycles. The van der Waals surface area contributed by atoms with E-state index in [4.69, 9.17) is 14.6 Å². The standard InChI is InChI=1S/C14H20O5/c1-8(2)18-12-6-5-10(14(16)17)13(11(12)7-15)19-9(3)4/h5-6,8-9,15H,7H2,1-4H3,(H,16,17). The van der Waals surface area contributed by atoms with Gasteiger partial charge < -0.3 is 19.7 Å². The average Bonchev–Trinajstić information content (AvgIpc) is 2.27. The molecule has 1 rings (SSSR count). The van der Waals surface area contributed by atoms with Gasteiger partial charge in [0, 0.05) is 0 Å². The van der Waals surface area contributed by atoms with Gasteiger partial charge in [-0.25, -0.2) is 4.79 Å². The molecule has 0 aliphatic carbocycles. The maximum absolute atomic E-state index is 11.2. The molecular weight excluding hydrogens is 248 g/mol. The van der Waals surface area contributed by atoms with Crippen molar-refractivity contribution < 1.29 is 24.5 Å². The van der Waals surface area contributed by atoms with Crippen LogP contribution < -0.4 is 9.47 Å². The number of carbonyl (C=O) groups is 1. The molecule has 0 saturated heterocycles. The first-order chi connectivity index (χ1) is 8.86. The van der Waals surface area contributed by atoms with Crippen LogP contribution in [0.3, 0.4) is 0 Å². The minimum absolute atomic E-state index is 0.0221. The molecule has 0 spiro atoms. The number of aliphatic hydroxyl groups excluding tert-OH is 1. The van der Waals surface area contributed by atoms with Crippen molar-refractivity contribution in [2.75, 3.05) is 0 Å². The minimum Gasteiger partial charge on any atom is -0.490 e. The Morgan fingerprint density at radius 2 is 1.74 bits per heavy atom. The van der Waals surface area contributed by atoms with Crippen LogP contribution in [0.2, 0.25) is 0 Å². The van der Waals surface area contributed by atoms with Crippen LogP contribution in [0.15, 0.2) is 12.1 Å². The van der Waals surface area contributed by atoms with Crippen molar-refractivity contribution in [1.82, 2.24) is 0 Å². The van der Waals surface area contributed by atoms with E-state index in [1.54, 1.807) is 19.9 Å². The zero-order valence-corrected chi connectivity index (χ0v) is 11.6. The fourth-order valence-electron chi connectivity index (χ4n) is 1.66. The van der Waals surface area contributed by atoms with Gasteiger partial charge in [-0.3, -0.25) is 0 Å². The van der Waals surface area contributed by atoms with Crippen LogP contribution in [0.25, 0.3) is 0 Å². The lowest BCUT2D eigenvalue weighted by Crippen LogP contribution is -2.14. The van der Waals surface area contributed by atoms with Gasteiger partial charge in [0.2, 0.25) is 0 Å². The Bertz CT molecular complexity index is 451. The molecule has 2 N–H and O–H groups in total. The number of carboxylic acid groups (broad SMARTS) is 1. The summed E-state index contributed by atoms with van der Waals surface area (Å²) in [6, 6.07) is 2.97. The van der Waals surface area contributed by atoms with Crippen LogP contribution in [0, 0.1) is 0 Å². The molecule has 0 bridgehead atoms. The first kappa shape index (κ1) is 15.3. The van der Waals surface area contributed by atoms with Gasteiger partial charge in [0.05, 0.1) is 24.4 Å². The van der Waals surface area contributed by atoms with Crippen LogP contribution in [0.1, 0.15) is 43.6 Å². The van der Waals surface area contributed by atoms with E-state index in [2.05, 4.69) is 0 Å². The van der Waals surface area contributed by atoms with Crippen LogP contribution in [-0.2, 0) is 6.61 Å². The van der Waals surface area contributed by atoms with E-state index in [0.717, 1.165) is 0 Å². The fourth-order valence-corrected chi connectivity index (χ4v) is 1.66. The molecule has 0 fully saturated rings. The Labute approximate surface area is 112 Å². The van der Waals surface area contributed by atoms with Gasteiger partial charge in [-0.1, -0.05) is 0 Å². The summed E-state index contributed by atoms with van der Waals surface area (Å²) in [6.07, 6.45) is -0.273. The molecular formula is C14H20O5. The summed E-state index contributed by atoms with van der Waals surface area (Å²) < 4.78 is 11.1. The van der Waals surface area contributed by atoms with Crippen LogP contribution in [-0.4, -0.2) is 28.4 Å². The maximum atomic E-state index is 11.2. The van der Waals surface area contributed by atoms with E-state index in [-0.39, 0.29) is 30.1 Å². The van der Waals surface area contributed by atoms with Crippen molar-refractivity contribution in [2.24, 2.45) is 0 Å². The van der Waals surface area contributed by atoms with Crippen molar-refractivity contribution in [2.45, 2.75) is 46.5 Å². The SMILES string of the molecule is CC(C)Oc1ccc(C(=O)O)c(OC(C)C)c1CO. The number of aromatic carboxylic acids is 1. The maximum Gasteiger partial charge on any atom is 0.339 e. The van der Waals surface area contributed by atoms with E-state index in [1.165, 1.54) is 6.07 Å². The third kappa shape index (κ3) is 3.86. The number of benzene rings is 1. The highest BCUT2D eigenvalue weighted by Gasteiger charge is 2.21. The second-order valence-corrected chi connectivity index (χ2v) is 4.72. The predicted octanol–water partition coefficient (Wildman–Crippen LogP) is 2.45. The van der Waals surface area contributed by atoms with Crippen molar-refractivity contribution in [3.05, 3.63) is 23.3 Å². The van der Waals surface area contributed by atoms with Gasteiger partial charge in [-0.2, -0.15) is 0 Å². The zero-order valence-electron chi connectivity index (χ0n) is 11.6. The molecule has 5 nitrogen and oxygen atoms in total. The van der Waals surface area contributed by atoms with E-state index >= 15 is 0 Å². The summed E-state index contributed by atoms with van der Waals surface area (Å²) in [4.78, 5) is 11.2. The molecule has 0 amide bonds. The molecule has 19 heavy (non-hydrogen) atoms. The second kappa shape index (κ2) is 6.43. The lowest BCUT2D eigenvalue weighted by atomic mass is 10.1. The summed E-state index contributed by atoms with van der Waals surface area (Å²) in [5, 5.41) is 18.6. The first-order valence-electron chi connectivity index (χ1n) is 6.20. The molecule has 0 aliphatic rings. The number of aliphatic hydroxyl groups is 1. The van der Waals surface area contributed by atoms with Gasteiger partial charge in [0.25, 0.3) is 0 Å². The van der Waals surface area contributed by atoms with Gasteiger partial charge in [0.1, 0.15) is 17.1 Å². The van der Waals surface area contributed by atoms with Crippen LogP contribution in [0.4, 0.5) is 0 Å². The largest absolute Gasteiger partial charge is 0.490 e. The molecule has 0 radical (unpaired) electrons. The molecule has 0 atom stereocenters. The minimum atomic E-state index is -1.10. The smallest absolute Gasteiger partial charge is 0.339 e. The Morgan fingerprint density at radius 3 is 2.16 bits per heavy atom. The summed E-state index contributed by atoms with van der Waals surface area (Å²) >= 11 is 0. The first-order valence-corrected chi connectivity index (χ1v) is 6.20. The topological polar surface area (TPSA) is 76.0 Å². The normalized spacial score (nSPS) is 10.9. The number of hydrogen-bond acceptors (Lipinski definition) is 4. The van der Waals surface area contributed by atoms with Gasteiger partial charge in [-0.05, 0) is 39.8 Å². The van der Waals surface area contributed by atoms with Gasteiger partial charge in [0.15, 0.2) is 0 Å². The van der Waals surface area contributed by atoms with E-state index < -0.39 is 5.97 Å². The highest BCUT2D eigenvalue weighted by Crippen LogP contribution is 2.34. The zero-order chi connectivity index (χ0) is 14.6. The van der Waals surface area contributed by atoms with Crippen LogP contribution in [0.5, 0.6) is 11.5 Å². The summed E-state index contributed by atoms with van der Waals surface area (Å²) in [6.45, 7) is 6.96. The van der Waals surface area contributed by atoms with Gasteiger partial charge >= 0.3 is 5.97 Å². The van der Waals surface area contributed by atoms with E-state index in [1.807, 2.05) is 13.8 Å². The lowest BCUT2D eigenvalue weighted by Gasteiger charge is -2.20. The lowest BCUT2D eigenvalue weighted by molar-refractivity contribution is 0.0689. The monoisotopic (exact) mass is 268 g/mol. The third-order valence-corrected chi connectivity index (χ3v) is 2.32. The van der Waals surface area contributed by atoms with Crippen molar-refractivity contribution in [3.8, 4) is 11.5 Å². The summed E-state index contributed by atoms with van der Waals surface area (Å²) in [7, 11) is 0. The molecule has 106 valence electrons. The Morgan fingerprint density at radius 1 is 1.16 bits per heavy atom. The quantitative estimate of drug-likeness (QED) is 0.828. The van der Waals surface area contributed by atoms with Crippen molar-refractivity contribution in [3.63, 3.8) is 0 Å². The molecule has 0 unspecified atom stereocenters. The van der Waals surface area contributed by atoms with Crippen LogP contribution >= 0.6 is 0 Å². The number of carboxylic acids is 1. The highest BCUT2D eigenvalue weighted by molar-refractivity contribution is 5.92. The van der Waals surface area contributed by atoms with E-state index in [9.17, 15) is 9.90 Å².